The summed E-state index contributed by atoms with van der Waals surface area (Å²) in [6, 6.07) is 0. The van der Waals surface area contributed by atoms with Crippen molar-refractivity contribution < 1.29 is 13.2 Å². The lowest BCUT2D eigenvalue weighted by molar-refractivity contribution is -0.147. The standard InChI is InChI=1S/C16H16F3N5OS2/c1-7-3-4-8-9(5-7)27-13-11(8)12(25)20-10(21-13)6-26-15-23-22-14(24(15)2)16(17,18)19/h7H,3-6H2,1-2H3,(H,20,21,25)/t7-/m1/s1. The molecule has 0 aliphatic heterocycles. The third kappa shape index (κ3) is 3.38. The molecule has 3 aromatic rings. The number of halogens is 3. The fourth-order valence-electron chi connectivity index (χ4n) is 3.28. The number of nitrogens with zero attached hydrogens (tertiary/aromatic N) is 4. The predicted octanol–water partition coefficient (Wildman–Crippen LogP) is 3.55. The smallest absolute Gasteiger partial charge is 0.309 e. The minimum absolute atomic E-state index is 0.115. The Labute approximate surface area is 160 Å². The molecule has 0 spiro atoms. The van der Waals surface area contributed by atoms with Gasteiger partial charge in [0, 0.05) is 11.9 Å². The first-order valence-corrected chi connectivity index (χ1v) is 10.2. The predicted molar refractivity (Wildman–Crippen MR) is 97.0 cm³/mol. The van der Waals surface area contributed by atoms with Crippen LogP contribution < -0.4 is 5.56 Å². The molecule has 6 nitrogen and oxygen atoms in total. The molecular weight excluding hydrogens is 399 g/mol. The van der Waals surface area contributed by atoms with Crippen molar-refractivity contribution >= 4 is 33.3 Å². The number of thioether (sulfide) groups is 1. The van der Waals surface area contributed by atoms with Crippen LogP contribution in [0.1, 0.15) is 35.4 Å². The summed E-state index contributed by atoms with van der Waals surface area (Å²) >= 11 is 2.59. The van der Waals surface area contributed by atoms with Crippen LogP contribution in [0.15, 0.2) is 9.95 Å². The van der Waals surface area contributed by atoms with E-state index < -0.39 is 12.0 Å². The van der Waals surface area contributed by atoms with Gasteiger partial charge in [0.2, 0.25) is 5.82 Å². The molecule has 4 rings (SSSR count). The number of hydrogen-bond acceptors (Lipinski definition) is 6. The van der Waals surface area contributed by atoms with Crippen LogP contribution in [0.5, 0.6) is 0 Å². The first-order chi connectivity index (χ1) is 12.7. The lowest BCUT2D eigenvalue weighted by atomic mass is 9.89. The van der Waals surface area contributed by atoms with E-state index in [1.165, 1.54) is 11.9 Å². The fourth-order valence-corrected chi connectivity index (χ4v) is 5.47. The molecule has 0 amide bonds. The van der Waals surface area contributed by atoms with E-state index in [9.17, 15) is 18.0 Å². The van der Waals surface area contributed by atoms with Gasteiger partial charge in [-0.3, -0.25) is 4.79 Å². The molecule has 11 heteroatoms. The first kappa shape index (κ1) is 18.5. The monoisotopic (exact) mass is 415 g/mol. The molecule has 3 heterocycles. The van der Waals surface area contributed by atoms with E-state index >= 15 is 0 Å². The number of rotatable bonds is 3. The van der Waals surface area contributed by atoms with Crippen LogP contribution in [0.3, 0.4) is 0 Å². The molecule has 0 unspecified atom stereocenters. The summed E-state index contributed by atoms with van der Waals surface area (Å²) in [4.78, 5) is 21.8. The minimum atomic E-state index is -4.56. The third-order valence-corrected chi connectivity index (χ3v) is 6.82. The van der Waals surface area contributed by atoms with Crippen molar-refractivity contribution in [1.29, 1.82) is 0 Å². The fraction of sp³-hybridized carbons (Fsp3) is 0.500. The number of H-pyrrole nitrogens is 1. The average Bonchev–Trinajstić information content (AvgIpc) is 3.12. The summed E-state index contributed by atoms with van der Waals surface area (Å²) in [6.07, 6.45) is -1.66. The van der Waals surface area contributed by atoms with Crippen molar-refractivity contribution in [3.63, 3.8) is 0 Å². The van der Waals surface area contributed by atoms with Gasteiger partial charge in [0.25, 0.3) is 5.56 Å². The number of nitrogens with one attached hydrogen (secondary N) is 1. The minimum Gasteiger partial charge on any atom is -0.309 e. The number of aryl methyl sites for hydroxylation is 1. The summed E-state index contributed by atoms with van der Waals surface area (Å²) in [5, 5.41) is 7.55. The van der Waals surface area contributed by atoms with Gasteiger partial charge in [-0.15, -0.1) is 21.5 Å². The zero-order valence-corrected chi connectivity index (χ0v) is 16.2. The molecule has 1 aliphatic carbocycles. The van der Waals surface area contributed by atoms with Crippen LogP contribution in [0.4, 0.5) is 13.2 Å². The highest BCUT2D eigenvalue weighted by Crippen LogP contribution is 2.36. The van der Waals surface area contributed by atoms with Crippen molar-refractivity contribution in [2.45, 2.75) is 43.3 Å². The number of aromatic amines is 1. The number of alkyl halides is 3. The highest BCUT2D eigenvalue weighted by Gasteiger charge is 2.37. The van der Waals surface area contributed by atoms with Gasteiger partial charge in [-0.1, -0.05) is 18.7 Å². The topological polar surface area (TPSA) is 76.5 Å². The molecular formula is C16H16F3N5OS2. The second-order valence-electron chi connectivity index (χ2n) is 6.70. The molecule has 1 N–H and O–H groups in total. The number of aromatic nitrogens is 5. The van der Waals surface area contributed by atoms with E-state index in [2.05, 4.69) is 27.1 Å². The molecule has 0 saturated heterocycles. The van der Waals surface area contributed by atoms with Gasteiger partial charge in [0.05, 0.1) is 11.1 Å². The molecule has 27 heavy (non-hydrogen) atoms. The quantitative estimate of drug-likeness (QED) is 0.662. The highest BCUT2D eigenvalue weighted by molar-refractivity contribution is 7.98. The Morgan fingerprint density at radius 3 is 2.85 bits per heavy atom. The Morgan fingerprint density at radius 2 is 2.15 bits per heavy atom. The molecule has 0 saturated carbocycles. The Kier molecular flexibility index (Phi) is 4.53. The maximum atomic E-state index is 12.8. The molecule has 0 bridgehead atoms. The molecule has 0 radical (unpaired) electrons. The average molecular weight is 415 g/mol. The summed E-state index contributed by atoms with van der Waals surface area (Å²) in [5.41, 5.74) is 0.917. The van der Waals surface area contributed by atoms with Crippen LogP contribution in [-0.2, 0) is 31.8 Å². The second-order valence-corrected chi connectivity index (χ2v) is 8.72. The summed E-state index contributed by atoms with van der Waals surface area (Å²) < 4.78 is 39.3. The second kappa shape index (κ2) is 6.62. The molecule has 0 aromatic carbocycles. The van der Waals surface area contributed by atoms with Gasteiger partial charge in [-0.25, -0.2) is 4.98 Å². The van der Waals surface area contributed by atoms with Crippen molar-refractivity contribution in [2.24, 2.45) is 13.0 Å². The summed E-state index contributed by atoms with van der Waals surface area (Å²) in [6.45, 7) is 2.20. The van der Waals surface area contributed by atoms with Crippen molar-refractivity contribution in [3.8, 4) is 0 Å². The van der Waals surface area contributed by atoms with Gasteiger partial charge in [-0.2, -0.15) is 13.2 Å². The summed E-state index contributed by atoms with van der Waals surface area (Å²) in [5.74, 6) is 0.162. The first-order valence-electron chi connectivity index (χ1n) is 8.37. The Balaban J connectivity index is 1.60. The number of hydrogen-bond donors (Lipinski definition) is 1. The Morgan fingerprint density at radius 1 is 1.37 bits per heavy atom. The van der Waals surface area contributed by atoms with Crippen molar-refractivity contribution in [2.75, 3.05) is 0 Å². The van der Waals surface area contributed by atoms with E-state index in [4.69, 9.17) is 0 Å². The van der Waals surface area contributed by atoms with Gasteiger partial charge in [0.15, 0.2) is 5.16 Å². The van der Waals surface area contributed by atoms with Crippen LogP contribution in [0.2, 0.25) is 0 Å². The lowest BCUT2D eigenvalue weighted by Crippen LogP contribution is -2.14. The van der Waals surface area contributed by atoms with Crippen LogP contribution in [0, 0.1) is 5.92 Å². The molecule has 3 aromatic heterocycles. The normalized spacial score (nSPS) is 17.4. The molecule has 0 fully saturated rings. The van der Waals surface area contributed by atoms with Gasteiger partial charge in [-0.05, 0) is 30.7 Å². The molecule has 1 aliphatic rings. The van der Waals surface area contributed by atoms with Gasteiger partial charge in [0.1, 0.15) is 10.7 Å². The van der Waals surface area contributed by atoms with Crippen LogP contribution in [0.25, 0.3) is 10.2 Å². The highest BCUT2D eigenvalue weighted by atomic mass is 32.2. The van der Waals surface area contributed by atoms with E-state index in [-0.39, 0.29) is 16.5 Å². The largest absolute Gasteiger partial charge is 0.451 e. The van der Waals surface area contributed by atoms with E-state index in [1.54, 1.807) is 11.3 Å². The zero-order chi connectivity index (χ0) is 19.3. The number of thiophene rings is 1. The third-order valence-electron chi connectivity index (χ3n) is 4.64. The maximum absolute atomic E-state index is 12.8. The SMILES string of the molecule is C[C@@H]1CCc2c(sc3nc(CSc4nnc(C(F)(F)F)n4C)[nH]c(=O)c23)C1. The lowest BCUT2D eigenvalue weighted by Gasteiger charge is -2.17. The van der Waals surface area contributed by atoms with Crippen LogP contribution >= 0.6 is 23.1 Å². The summed E-state index contributed by atoms with van der Waals surface area (Å²) in [7, 11) is 1.26. The Hall–Kier alpha value is -1.88. The number of fused-ring (bicyclic) bond motifs is 3. The Bertz CT molecular complexity index is 1070. The van der Waals surface area contributed by atoms with E-state index in [0.29, 0.717) is 22.0 Å². The molecule has 144 valence electrons. The van der Waals surface area contributed by atoms with Crippen LogP contribution in [-0.4, -0.2) is 24.7 Å². The van der Waals surface area contributed by atoms with Gasteiger partial charge >= 0.3 is 6.18 Å². The van der Waals surface area contributed by atoms with E-state index in [1.807, 2.05) is 0 Å². The van der Waals surface area contributed by atoms with Crippen molar-refractivity contribution in [3.05, 3.63) is 32.4 Å². The van der Waals surface area contributed by atoms with Crippen molar-refractivity contribution in [1.82, 2.24) is 24.7 Å². The zero-order valence-electron chi connectivity index (χ0n) is 14.6. The van der Waals surface area contributed by atoms with Gasteiger partial charge < -0.3 is 9.55 Å². The maximum Gasteiger partial charge on any atom is 0.451 e. The molecule has 1 atom stereocenters. The van der Waals surface area contributed by atoms with E-state index in [0.717, 1.165) is 41.2 Å².